The molecule has 1 aromatic heterocycles. The lowest BCUT2D eigenvalue weighted by Crippen LogP contribution is -2.01. The second-order valence-electron chi connectivity index (χ2n) is 4.02. The number of aromatic nitrogens is 3. The predicted octanol–water partition coefficient (Wildman–Crippen LogP) is 2.97. The Morgan fingerprint density at radius 1 is 1.30 bits per heavy atom. The van der Waals surface area contributed by atoms with Gasteiger partial charge in [0.1, 0.15) is 29.2 Å². The number of hydrogen-bond donors (Lipinski definition) is 1. The van der Waals surface area contributed by atoms with E-state index in [9.17, 15) is 0 Å². The van der Waals surface area contributed by atoms with Gasteiger partial charge in [-0.2, -0.15) is 15.6 Å². The monoisotopic (exact) mass is 409 g/mol. The molecule has 0 amide bonds. The van der Waals surface area contributed by atoms with Gasteiger partial charge < -0.3 is 5.73 Å². The summed E-state index contributed by atoms with van der Waals surface area (Å²) >= 11 is 15.6. The number of nitriles is 2. The fraction of sp³-hybridized carbons (Fsp3) is 0. The first-order chi connectivity index (χ1) is 11.0. The van der Waals surface area contributed by atoms with Gasteiger partial charge in [0.25, 0.3) is 0 Å². The minimum atomic E-state index is -0.282. The molecule has 0 aliphatic rings. The molecule has 0 saturated carbocycles. The van der Waals surface area contributed by atoms with Gasteiger partial charge >= 0.3 is 0 Å². The third-order valence-corrected chi connectivity index (χ3v) is 3.53. The number of rotatable bonds is 3. The van der Waals surface area contributed by atoms with Gasteiger partial charge in [-0.05, 0) is 12.1 Å². The average Bonchev–Trinajstić information content (AvgIpc) is 2.95. The molecule has 0 bridgehead atoms. The van der Waals surface area contributed by atoms with E-state index in [1.165, 1.54) is 17.2 Å². The first kappa shape index (κ1) is 17.0. The maximum atomic E-state index is 8.85. The average molecular weight is 411 g/mol. The quantitative estimate of drug-likeness (QED) is 0.616. The third-order valence-electron chi connectivity index (χ3n) is 2.50. The van der Waals surface area contributed by atoms with Crippen molar-refractivity contribution in [3.63, 3.8) is 0 Å². The topological polar surface area (TPSA) is 117 Å². The molecule has 114 valence electrons. The zero-order chi connectivity index (χ0) is 17.0. The SMILES string of the molecule is N#C/C(N)=C(C#N)/N=C/c1cnn(-c2c(Cl)cc(Br)cc2Cl)n1. The van der Waals surface area contributed by atoms with Gasteiger partial charge in [0.15, 0.2) is 5.70 Å². The van der Waals surface area contributed by atoms with Crippen molar-refractivity contribution in [3.05, 3.63) is 49.9 Å². The van der Waals surface area contributed by atoms with Gasteiger partial charge in [0, 0.05) is 4.47 Å². The van der Waals surface area contributed by atoms with Crippen molar-refractivity contribution < 1.29 is 0 Å². The number of benzene rings is 1. The lowest BCUT2D eigenvalue weighted by molar-refractivity contribution is 0.751. The highest BCUT2D eigenvalue weighted by Crippen LogP contribution is 2.31. The summed E-state index contributed by atoms with van der Waals surface area (Å²) in [4.78, 5) is 5.04. The number of halogens is 3. The highest BCUT2D eigenvalue weighted by Gasteiger charge is 2.12. The fourth-order valence-electron chi connectivity index (χ4n) is 1.51. The largest absolute Gasteiger partial charge is 0.388 e. The van der Waals surface area contributed by atoms with Crippen molar-refractivity contribution in [3.8, 4) is 17.8 Å². The van der Waals surface area contributed by atoms with E-state index in [0.29, 0.717) is 21.4 Å². The molecule has 2 N–H and O–H groups in total. The number of nitrogens with two attached hydrogens (primary N) is 1. The number of aliphatic imine (C=N–C) groups is 1. The molecule has 10 heteroatoms. The first-order valence-electron chi connectivity index (χ1n) is 5.87. The highest BCUT2D eigenvalue weighted by molar-refractivity contribution is 9.10. The van der Waals surface area contributed by atoms with Gasteiger partial charge in [0.05, 0.1) is 22.5 Å². The summed E-state index contributed by atoms with van der Waals surface area (Å²) in [5.74, 6) is 0. The van der Waals surface area contributed by atoms with Crippen molar-refractivity contribution in [1.82, 2.24) is 15.0 Å². The summed E-state index contributed by atoms with van der Waals surface area (Å²) in [6, 6.07) is 6.68. The summed E-state index contributed by atoms with van der Waals surface area (Å²) in [5, 5.41) is 26.4. The molecular formula is C13H6BrCl2N7. The Bertz CT molecular complexity index is 879. The van der Waals surface area contributed by atoms with Crippen LogP contribution in [-0.4, -0.2) is 21.2 Å². The minimum Gasteiger partial charge on any atom is -0.388 e. The van der Waals surface area contributed by atoms with Gasteiger partial charge in [-0.15, -0.1) is 9.90 Å². The molecule has 0 aliphatic heterocycles. The Morgan fingerprint density at radius 2 is 1.96 bits per heavy atom. The second kappa shape index (κ2) is 7.25. The van der Waals surface area contributed by atoms with Gasteiger partial charge in [-0.25, -0.2) is 4.99 Å². The van der Waals surface area contributed by atoms with Gasteiger partial charge in [-0.3, -0.25) is 0 Å². The van der Waals surface area contributed by atoms with Crippen LogP contribution >= 0.6 is 39.1 Å². The van der Waals surface area contributed by atoms with Crippen molar-refractivity contribution in [2.75, 3.05) is 0 Å². The van der Waals surface area contributed by atoms with Crippen LogP contribution < -0.4 is 5.73 Å². The molecule has 0 aliphatic carbocycles. The molecule has 0 radical (unpaired) electrons. The zero-order valence-electron chi connectivity index (χ0n) is 11.2. The summed E-state index contributed by atoms with van der Waals surface area (Å²) in [6.45, 7) is 0. The van der Waals surface area contributed by atoms with Gasteiger partial charge in [0.2, 0.25) is 0 Å². The molecule has 2 rings (SSSR count). The maximum absolute atomic E-state index is 8.85. The molecule has 23 heavy (non-hydrogen) atoms. The van der Waals surface area contributed by atoms with Crippen molar-refractivity contribution >= 4 is 45.3 Å². The lowest BCUT2D eigenvalue weighted by atomic mass is 10.3. The van der Waals surface area contributed by atoms with Crippen LogP contribution in [0.4, 0.5) is 0 Å². The zero-order valence-corrected chi connectivity index (χ0v) is 14.3. The molecule has 0 atom stereocenters. The summed E-state index contributed by atoms with van der Waals surface area (Å²) in [5.41, 5.74) is 5.59. The molecule has 0 unspecified atom stereocenters. The molecule has 1 heterocycles. The van der Waals surface area contributed by atoms with Crippen LogP contribution in [0, 0.1) is 22.7 Å². The van der Waals surface area contributed by atoms with Crippen LogP contribution in [0.3, 0.4) is 0 Å². The Morgan fingerprint density at radius 3 is 2.52 bits per heavy atom. The molecule has 2 aromatic rings. The van der Waals surface area contributed by atoms with Crippen LogP contribution in [0.25, 0.3) is 5.69 Å². The van der Waals surface area contributed by atoms with Crippen molar-refractivity contribution in [2.45, 2.75) is 0 Å². The summed E-state index contributed by atoms with van der Waals surface area (Å²) in [7, 11) is 0. The predicted molar refractivity (Wildman–Crippen MR) is 89.1 cm³/mol. The van der Waals surface area contributed by atoms with Crippen LogP contribution in [0.2, 0.25) is 10.0 Å². The third kappa shape index (κ3) is 3.88. The van der Waals surface area contributed by atoms with E-state index in [-0.39, 0.29) is 11.4 Å². The molecule has 7 nitrogen and oxygen atoms in total. The van der Waals surface area contributed by atoms with E-state index in [1.54, 1.807) is 24.3 Å². The van der Waals surface area contributed by atoms with Crippen LogP contribution in [-0.2, 0) is 0 Å². The smallest absolute Gasteiger partial charge is 0.174 e. The molecule has 1 aromatic carbocycles. The highest BCUT2D eigenvalue weighted by atomic mass is 79.9. The molecule has 0 saturated heterocycles. The fourth-order valence-corrected chi connectivity index (χ4v) is 2.87. The first-order valence-corrected chi connectivity index (χ1v) is 7.42. The Labute approximate surface area is 149 Å². The second-order valence-corrected chi connectivity index (χ2v) is 5.75. The minimum absolute atomic E-state index is 0.207. The van der Waals surface area contributed by atoms with E-state index in [1.807, 2.05) is 0 Å². The number of nitrogens with zero attached hydrogens (tertiary/aromatic N) is 6. The van der Waals surface area contributed by atoms with Crippen molar-refractivity contribution in [2.24, 2.45) is 10.7 Å². The standard InChI is InChI=1S/C13H6BrCl2N7/c14-7-1-9(15)13(10(16)2-7)23-21-6-8(22-23)5-20-12(4-18)11(19)3-17/h1-2,5-6H,19H2/b12-11-,20-5+. The molecule has 0 spiro atoms. The maximum Gasteiger partial charge on any atom is 0.174 e. The van der Waals surface area contributed by atoms with Crippen molar-refractivity contribution in [1.29, 1.82) is 10.5 Å². The number of allylic oxidation sites excluding steroid dienone is 2. The normalized spacial score (nSPS) is 11.9. The Hall–Kier alpha value is -2.39. The molecule has 0 fully saturated rings. The van der Waals surface area contributed by atoms with Crippen LogP contribution in [0.5, 0.6) is 0 Å². The van der Waals surface area contributed by atoms with E-state index in [0.717, 1.165) is 4.47 Å². The van der Waals surface area contributed by atoms with E-state index in [4.69, 9.17) is 39.5 Å². The summed E-state index contributed by atoms with van der Waals surface area (Å²) in [6.07, 6.45) is 2.66. The van der Waals surface area contributed by atoms with E-state index in [2.05, 4.69) is 31.1 Å². The Balaban J connectivity index is 2.37. The van der Waals surface area contributed by atoms with E-state index < -0.39 is 0 Å². The molecular weight excluding hydrogens is 405 g/mol. The van der Waals surface area contributed by atoms with E-state index >= 15 is 0 Å². The Kier molecular flexibility index (Phi) is 5.35. The van der Waals surface area contributed by atoms with Gasteiger partial charge in [-0.1, -0.05) is 39.1 Å². The lowest BCUT2D eigenvalue weighted by Gasteiger charge is -2.05. The number of hydrogen-bond acceptors (Lipinski definition) is 6. The van der Waals surface area contributed by atoms with Crippen LogP contribution in [0.1, 0.15) is 5.69 Å². The van der Waals surface area contributed by atoms with Crippen LogP contribution in [0.15, 0.2) is 39.2 Å². The summed E-state index contributed by atoms with van der Waals surface area (Å²) < 4.78 is 0.723.